The highest BCUT2D eigenvalue weighted by molar-refractivity contribution is 5.91. The summed E-state index contributed by atoms with van der Waals surface area (Å²) in [5.74, 6) is -1.13. The Morgan fingerprint density at radius 2 is 1.96 bits per heavy atom. The van der Waals surface area contributed by atoms with Crippen LogP contribution in [-0.2, 0) is 11.3 Å². The van der Waals surface area contributed by atoms with Gasteiger partial charge in [-0.25, -0.2) is 9.18 Å². The van der Waals surface area contributed by atoms with Crippen molar-refractivity contribution in [2.45, 2.75) is 18.9 Å². The van der Waals surface area contributed by atoms with Crippen molar-refractivity contribution in [3.8, 4) is 5.75 Å². The Morgan fingerprint density at radius 1 is 1.24 bits per heavy atom. The van der Waals surface area contributed by atoms with Gasteiger partial charge in [-0.05, 0) is 47.7 Å². The van der Waals surface area contributed by atoms with E-state index in [4.69, 9.17) is 9.84 Å². The van der Waals surface area contributed by atoms with Crippen LogP contribution < -0.4 is 10.1 Å². The molecule has 0 unspecified atom stereocenters. The van der Waals surface area contributed by atoms with E-state index in [1.807, 2.05) is 0 Å². The van der Waals surface area contributed by atoms with E-state index in [2.05, 4.69) is 5.32 Å². The van der Waals surface area contributed by atoms with Gasteiger partial charge in [-0.1, -0.05) is 18.2 Å². The molecule has 0 aromatic heterocycles. The van der Waals surface area contributed by atoms with E-state index in [0.717, 1.165) is 17.5 Å². The maximum atomic E-state index is 12.9. The summed E-state index contributed by atoms with van der Waals surface area (Å²) < 4.78 is 18.0. The molecule has 1 amide bonds. The predicted molar refractivity (Wildman–Crippen MR) is 89.0 cm³/mol. The van der Waals surface area contributed by atoms with Gasteiger partial charge >= 0.3 is 5.97 Å². The minimum Gasteiger partial charge on any atom is -0.496 e. The monoisotopic (exact) mass is 343 g/mol. The second kappa shape index (κ2) is 6.93. The van der Waals surface area contributed by atoms with Crippen LogP contribution in [0.4, 0.5) is 4.39 Å². The summed E-state index contributed by atoms with van der Waals surface area (Å²) in [6.07, 6.45) is 0.749. The third-order valence-electron chi connectivity index (χ3n) is 4.39. The van der Waals surface area contributed by atoms with Crippen LogP contribution in [0.2, 0.25) is 0 Å². The third-order valence-corrected chi connectivity index (χ3v) is 4.39. The van der Waals surface area contributed by atoms with Crippen molar-refractivity contribution in [1.82, 2.24) is 5.32 Å². The van der Waals surface area contributed by atoms with Gasteiger partial charge in [-0.15, -0.1) is 0 Å². The van der Waals surface area contributed by atoms with E-state index in [1.54, 1.807) is 24.3 Å². The molecule has 0 aliphatic heterocycles. The van der Waals surface area contributed by atoms with E-state index in [0.29, 0.717) is 6.54 Å². The molecule has 130 valence electrons. The van der Waals surface area contributed by atoms with Gasteiger partial charge in [0.1, 0.15) is 17.1 Å². The smallest absolute Gasteiger partial charge is 0.339 e. The number of carbonyl (C=O) groups excluding carboxylic acids is 1. The number of aromatic carboxylic acids is 1. The van der Waals surface area contributed by atoms with E-state index in [-0.39, 0.29) is 34.9 Å². The van der Waals surface area contributed by atoms with E-state index in [1.165, 1.54) is 25.3 Å². The van der Waals surface area contributed by atoms with Crippen LogP contribution in [0.25, 0.3) is 0 Å². The first-order chi connectivity index (χ1) is 12.0. The number of hydrogen-bond donors (Lipinski definition) is 2. The number of amides is 1. The number of ether oxygens (including phenoxy) is 1. The zero-order chi connectivity index (χ0) is 18.0. The molecule has 2 atom stereocenters. The molecule has 1 saturated carbocycles. The molecule has 1 fully saturated rings. The molecular formula is C19H18FNO4. The zero-order valence-electron chi connectivity index (χ0n) is 13.7. The van der Waals surface area contributed by atoms with Gasteiger partial charge in [0.2, 0.25) is 5.91 Å². The minimum absolute atomic E-state index is 0.0596. The van der Waals surface area contributed by atoms with E-state index in [9.17, 15) is 14.0 Å². The molecule has 2 aromatic rings. The number of carboxylic acids is 1. The van der Waals surface area contributed by atoms with Gasteiger partial charge < -0.3 is 15.2 Å². The standard InChI is InChI=1S/C19H18FNO4/c1-25-17-8-11(2-7-14(17)19(23)24)10-21-18(22)16-9-15(16)12-3-5-13(20)6-4-12/h2-8,15-16H,9-10H2,1H3,(H,21,22)(H,23,24)/t15-,16+/m1/s1. The molecule has 5 nitrogen and oxygen atoms in total. The Kier molecular flexibility index (Phi) is 4.70. The molecule has 0 heterocycles. The number of hydrogen-bond acceptors (Lipinski definition) is 3. The highest BCUT2D eigenvalue weighted by Gasteiger charge is 2.43. The lowest BCUT2D eigenvalue weighted by Crippen LogP contribution is -2.25. The fourth-order valence-electron chi connectivity index (χ4n) is 2.91. The Bertz CT molecular complexity index is 804. The summed E-state index contributed by atoms with van der Waals surface area (Å²) >= 11 is 0. The zero-order valence-corrected chi connectivity index (χ0v) is 13.7. The first-order valence-electron chi connectivity index (χ1n) is 7.93. The number of benzene rings is 2. The van der Waals surface area contributed by atoms with Crippen LogP contribution in [0.3, 0.4) is 0 Å². The van der Waals surface area contributed by atoms with Crippen LogP contribution in [0.5, 0.6) is 5.75 Å². The molecule has 0 bridgehead atoms. The molecule has 6 heteroatoms. The number of rotatable bonds is 6. The number of halogens is 1. The summed E-state index contributed by atoms with van der Waals surface area (Å²) in [6.45, 7) is 0.293. The Morgan fingerprint density at radius 3 is 2.60 bits per heavy atom. The van der Waals surface area contributed by atoms with Crippen molar-refractivity contribution in [1.29, 1.82) is 0 Å². The number of carboxylic acid groups (broad SMARTS) is 1. The number of carbonyl (C=O) groups is 2. The van der Waals surface area contributed by atoms with Gasteiger partial charge in [-0.2, -0.15) is 0 Å². The molecule has 3 rings (SSSR count). The van der Waals surface area contributed by atoms with Gasteiger partial charge in [0.15, 0.2) is 0 Å². The van der Waals surface area contributed by atoms with Crippen LogP contribution in [0.1, 0.15) is 33.8 Å². The first-order valence-corrected chi connectivity index (χ1v) is 7.93. The average Bonchev–Trinajstić information content (AvgIpc) is 3.40. The third kappa shape index (κ3) is 3.79. The maximum Gasteiger partial charge on any atom is 0.339 e. The SMILES string of the molecule is COc1cc(CNC(=O)[C@H]2C[C@@H]2c2ccc(F)cc2)ccc1C(=O)O. The molecule has 2 N–H and O–H groups in total. The van der Waals surface area contributed by atoms with E-state index < -0.39 is 5.97 Å². The average molecular weight is 343 g/mol. The maximum absolute atomic E-state index is 12.9. The molecule has 25 heavy (non-hydrogen) atoms. The van der Waals surface area contributed by atoms with Crippen molar-refractivity contribution >= 4 is 11.9 Å². The van der Waals surface area contributed by atoms with E-state index >= 15 is 0 Å². The van der Waals surface area contributed by atoms with Gasteiger partial charge in [-0.3, -0.25) is 4.79 Å². The normalized spacial score (nSPS) is 18.5. The van der Waals surface area contributed by atoms with Crippen LogP contribution in [0.15, 0.2) is 42.5 Å². The van der Waals surface area contributed by atoms with Crippen molar-refractivity contribution < 1.29 is 23.8 Å². The highest BCUT2D eigenvalue weighted by Crippen LogP contribution is 2.47. The molecular weight excluding hydrogens is 325 g/mol. The minimum atomic E-state index is -1.06. The number of nitrogens with one attached hydrogen (secondary N) is 1. The van der Waals surface area contributed by atoms with Crippen LogP contribution in [-0.4, -0.2) is 24.1 Å². The topological polar surface area (TPSA) is 75.6 Å². The molecule has 1 aliphatic carbocycles. The predicted octanol–water partition coefficient (Wildman–Crippen LogP) is 2.95. The lowest BCUT2D eigenvalue weighted by atomic mass is 10.1. The van der Waals surface area contributed by atoms with Crippen molar-refractivity contribution in [3.05, 3.63) is 65.0 Å². The Hall–Kier alpha value is -2.89. The fraction of sp³-hybridized carbons (Fsp3) is 0.263. The lowest BCUT2D eigenvalue weighted by Gasteiger charge is -2.09. The first kappa shape index (κ1) is 17.0. The van der Waals surface area contributed by atoms with Crippen molar-refractivity contribution in [2.75, 3.05) is 7.11 Å². The summed E-state index contributed by atoms with van der Waals surface area (Å²) in [4.78, 5) is 23.3. The lowest BCUT2D eigenvalue weighted by molar-refractivity contribution is -0.122. The summed E-state index contributed by atoms with van der Waals surface area (Å²) in [7, 11) is 1.40. The Labute approximate surface area is 144 Å². The van der Waals surface area contributed by atoms with Crippen molar-refractivity contribution in [2.24, 2.45) is 5.92 Å². The number of methoxy groups -OCH3 is 1. The quantitative estimate of drug-likeness (QED) is 0.845. The molecule has 0 radical (unpaired) electrons. The molecule has 2 aromatic carbocycles. The van der Waals surface area contributed by atoms with Gasteiger partial charge in [0.25, 0.3) is 0 Å². The summed E-state index contributed by atoms with van der Waals surface area (Å²) in [5.41, 5.74) is 1.80. The highest BCUT2D eigenvalue weighted by atomic mass is 19.1. The Balaban J connectivity index is 1.58. The van der Waals surface area contributed by atoms with Crippen molar-refractivity contribution in [3.63, 3.8) is 0 Å². The molecule has 0 saturated heterocycles. The summed E-state index contributed by atoms with van der Waals surface area (Å²) in [5, 5.41) is 11.9. The second-order valence-corrected chi connectivity index (χ2v) is 6.06. The largest absolute Gasteiger partial charge is 0.496 e. The molecule has 1 aliphatic rings. The second-order valence-electron chi connectivity index (χ2n) is 6.06. The fourth-order valence-corrected chi connectivity index (χ4v) is 2.91. The van der Waals surface area contributed by atoms with Crippen LogP contribution >= 0.6 is 0 Å². The van der Waals surface area contributed by atoms with Gasteiger partial charge in [0.05, 0.1) is 7.11 Å². The van der Waals surface area contributed by atoms with Crippen LogP contribution in [0, 0.1) is 11.7 Å². The van der Waals surface area contributed by atoms with Gasteiger partial charge in [0, 0.05) is 12.5 Å². The summed E-state index contributed by atoms with van der Waals surface area (Å²) in [6, 6.07) is 10.9. The molecule has 0 spiro atoms.